The zero-order chi connectivity index (χ0) is 33.3. The van der Waals surface area contributed by atoms with Crippen LogP contribution in [0.5, 0.6) is 0 Å². The van der Waals surface area contributed by atoms with Crippen LogP contribution in [-0.2, 0) is 0 Å². The lowest BCUT2D eigenvalue weighted by molar-refractivity contribution is 0.574. The van der Waals surface area contributed by atoms with Gasteiger partial charge in [0.05, 0.1) is 22.3 Å². The van der Waals surface area contributed by atoms with Gasteiger partial charge in [0, 0.05) is 22.3 Å². The molecule has 0 unspecified atom stereocenters. The van der Waals surface area contributed by atoms with E-state index in [4.69, 9.17) is 17.7 Å². The smallest absolute Gasteiger partial charge is 0.248 e. The summed E-state index contributed by atoms with van der Waals surface area (Å²) < 4.78 is 25.0. The molecule has 0 spiro atoms. The Balaban J connectivity index is 1.26. The summed E-state index contributed by atoms with van der Waals surface area (Å²) in [6.45, 7) is 0. The van der Waals surface area contributed by atoms with Crippen LogP contribution in [0.15, 0.2) is 151 Å². The minimum Gasteiger partial charge on any atom is -0.416 e. The molecule has 0 saturated heterocycles. The van der Waals surface area contributed by atoms with Crippen LogP contribution in [0.4, 0.5) is 0 Å². The van der Waals surface area contributed by atoms with Gasteiger partial charge in [-0.15, -0.1) is 40.8 Å². The maximum Gasteiger partial charge on any atom is 0.248 e. The number of benzene rings is 5. The normalized spacial score (nSPS) is 11.2. The van der Waals surface area contributed by atoms with Gasteiger partial charge in [-0.05, 0) is 60.7 Å². The molecule has 0 aliphatic carbocycles. The van der Waals surface area contributed by atoms with E-state index in [0.717, 1.165) is 22.3 Å². The largest absolute Gasteiger partial charge is 0.416 e. The predicted molar refractivity (Wildman–Crippen MR) is 181 cm³/mol. The second-order valence-corrected chi connectivity index (χ2v) is 11.1. The van der Waals surface area contributed by atoms with Gasteiger partial charge < -0.3 is 17.7 Å². The summed E-state index contributed by atoms with van der Waals surface area (Å²) >= 11 is 0. The van der Waals surface area contributed by atoms with Crippen molar-refractivity contribution < 1.29 is 17.7 Å². The monoisotopic (exact) mass is 654 g/mol. The molecule has 12 nitrogen and oxygen atoms in total. The molecule has 4 heterocycles. The molecule has 0 atom stereocenters. The Morgan fingerprint density at radius 3 is 0.660 bits per heavy atom. The summed E-state index contributed by atoms with van der Waals surface area (Å²) in [6.07, 6.45) is 0. The molecule has 9 aromatic rings. The van der Waals surface area contributed by atoms with Crippen molar-refractivity contribution in [3.63, 3.8) is 0 Å². The number of rotatable bonds is 8. The SMILES string of the molecule is c1ccc(-c2nnc(-c3cc(-c4nnc(-c5ccccc5)o4)c(-c4nnc(-c5ccccc5)o4)cc3-c3nnc(-c4ccccc4)o3)o2)cc1. The summed E-state index contributed by atoms with van der Waals surface area (Å²) in [7, 11) is 0. The van der Waals surface area contributed by atoms with E-state index in [2.05, 4.69) is 40.8 Å². The first-order valence-electron chi connectivity index (χ1n) is 15.5. The fraction of sp³-hybridized carbons (Fsp3) is 0. The third kappa shape index (κ3) is 5.42. The lowest BCUT2D eigenvalue weighted by Gasteiger charge is -2.09. The molecular formula is C38H22N8O4. The van der Waals surface area contributed by atoms with E-state index in [1.165, 1.54) is 0 Å². The van der Waals surface area contributed by atoms with Gasteiger partial charge in [0.1, 0.15) is 0 Å². The van der Waals surface area contributed by atoms with Crippen LogP contribution >= 0.6 is 0 Å². The Morgan fingerprint density at radius 2 is 0.440 bits per heavy atom. The van der Waals surface area contributed by atoms with Crippen LogP contribution in [0.25, 0.3) is 91.6 Å². The van der Waals surface area contributed by atoms with E-state index >= 15 is 0 Å². The quantitative estimate of drug-likeness (QED) is 0.154. The van der Waals surface area contributed by atoms with Gasteiger partial charge >= 0.3 is 0 Å². The highest BCUT2D eigenvalue weighted by molar-refractivity contribution is 5.89. The maximum absolute atomic E-state index is 6.25. The van der Waals surface area contributed by atoms with E-state index in [0.29, 0.717) is 45.8 Å². The molecule has 0 bridgehead atoms. The molecule has 50 heavy (non-hydrogen) atoms. The summed E-state index contributed by atoms with van der Waals surface area (Å²) in [6, 6.07) is 41.5. The molecule has 0 amide bonds. The van der Waals surface area contributed by atoms with Crippen molar-refractivity contribution in [2.75, 3.05) is 0 Å². The van der Waals surface area contributed by atoms with Crippen LogP contribution in [-0.4, -0.2) is 40.8 Å². The lowest BCUT2D eigenvalue weighted by Crippen LogP contribution is -1.93. The molecule has 0 saturated carbocycles. The highest BCUT2D eigenvalue weighted by atomic mass is 16.4. The van der Waals surface area contributed by atoms with Crippen LogP contribution in [0.1, 0.15) is 0 Å². The van der Waals surface area contributed by atoms with Gasteiger partial charge in [-0.25, -0.2) is 0 Å². The molecule has 4 aromatic heterocycles. The summed E-state index contributed by atoms with van der Waals surface area (Å²) in [5.74, 6) is 2.13. The van der Waals surface area contributed by atoms with Gasteiger partial charge in [0.2, 0.25) is 47.1 Å². The predicted octanol–water partition coefficient (Wildman–Crippen LogP) is 8.55. The molecule has 0 radical (unpaired) electrons. The highest BCUT2D eigenvalue weighted by Gasteiger charge is 2.27. The molecule has 0 aliphatic heterocycles. The molecule has 238 valence electrons. The molecule has 0 fully saturated rings. The van der Waals surface area contributed by atoms with Crippen LogP contribution < -0.4 is 0 Å². The first-order chi connectivity index (χ1) is 24.8. The van der Waals surface area contributed by atoms with Crippen LogP contribution in [0, 0.1) is 0 Å². The van der Waals surface area contributed by atoms with Crippen molar-refractivity contribution in [3.8, 4) is 91.6 Å². The van der Waals surface area contributed by atoms with E-state index in [1.807, 2.05) is 121 Å². The molecular weight excluding hydrogens is 632 g/mol. The average Bonchev–Trinajstić information content (AvgIpc) is 4.03. The zero-order valence-corrected chi connectivity index (χ0v) is 25.9. The minimum atomic E-state index is 0.199. The van der Waals surface area contributed by atoms with Crippen LogP contribution in [0.2, 0.25) is 0 Å². The van der Waals surface area contributed by atoms with Crippen molar-refractivity contribution in [1.82, 2.24) is 40.8 Å². The van der Waals surface area contributed by atoms with Crippen molar-refractivity contribution in [2.45, 2.75) is 0 Å². The van der Waals surface area contributed by atoms with Gasteiger partial charge in [0.15, 0.2) is 0 Å². The lowest BCUT2D eigenvalue weighted by atomic mass is 9.97. The van der Waals surface area contributed by atoms with Gasteiger partial charge in [0.25, 0.3) is 0 Å². The Kier molecular flexibility index (Phi) is 7.13. The van der Waals surface area contributed by atoms with Gasteiger partial charge in [-0.1, -0.05) is 72.8 Å². The third-order valence-electron chi connectivity index (χ3n) is 7.86. The second-order valence-electron chi connectivity index (χ2n) is 11.1. The molecule has 0 aliphatic rings. The standard InChI is InChI=1S/C38H22N8O4/c1-5-13-23(14-6-1)31-39-43-35(47-31)27-21-29(37-45-41-33(49-37)25-17-9-3-10-18-25)30(38-46-42-34(50-38)26-19-11-4-12-20-26)22-28(27)36-44-40-32(48-36)24-15-7-2-8-16-24/h1-22H. The maximum atomic E-state index is 6.25. The Hall–Kier alpha value is -7.34. The summed E-state index contributed by atoms with van der Waals surface area (Å²) in [5, 5.41) is 35.0. The van der Waals surface area contributed by atoms with Crippen molar-refractivity contribution in [1.29, 1.82) is 0 Å². The highest BCUT2D eigenvalue weighted by Crippen LogP contribution is 2.42. The number of nitrogens with zero attached hydrogens (tertiary/aromatic N) is 8. The van der Waals surface area contributed by atoms with Gasteiger partial charge in [-0.2, -0.15) is 0 Å². The Bertz CT molecular complexity index is 2190. The molecule has 12 heteroatoms. The molecule has 0 N–H and O–H groups in total. The van der Waals surface area contributed by atoms with Crippen molar-refractivity contribution >= 4 is 0 Å². The van der Waals surface area contributed by atoms with Crippen LogP contribution in [0.3, 0.4) is 0 Å². The van der Waals surface area contributed by atoms with E-state index in [1.54, 1.807) is 12.1 Å². The molecule has 9 rings (SSSR count). The van der Waals surface area contributed by atoms with E-state index in [9.17, 15) is 0 Å². The summed E-state index contributed by atoms with van der Waals surface area (Å²) in [4.78, 5) is 0. The summed E-state index contributed by atoms with van der Waals surface area (Å²) in [5.41, 5.74) is 4.95. The first-order valence-corrected chi connectivity index (χ1v) is 15.5. The fourth-order valence-corrected chi connectivity index (χ4v) is 5.43. The Labute approximate surface area is 283 Å². The van der Waals surface area contributed by atoms with Crippen molar-refractivity contribution in [3.05, 3.63) is 133 Å². The Morgan fingerprint density at radius 1 is 0.240 bits per heavy atom. The van der Waals surface area contributed by atoms with E-state index < -0.39 is 0 Å². The van der Waals surface area contributed by atoms with E-state index in [-0.39, 0.29) is 23.6 Å². The topological polar surface area (TPSA) is 156 Å². The zero-order valence-electron chi connectivity index (χ0n) is 25.9. The fourth-order valence-electron chi connectivity index (χ4n) is 5.43. The number of hydrogen-bond acceptors (Lipinski definition) is 12. The second kappa shape index (κ2) is 12.4. The number of aromatic nitrogens is 8. The average molecular weight is 655 g/mol. The first kappa shape index (κ1) is 28.8. The third-order valence-corrected chi connectivity index (χ3v) is 7.86. The van der Waals surface area contributed by atoms with Crippen molar-refractivity contribution in [2.24, 2.45) is 0 Å². The molecule has 5 aromatic carbocycles. The minimum absolute atomic E-state index is 0.199. The van der Waals surface area contributed by atoms with Gasteiger partial charge in [-0.3, -0.25) is 0 Å². The number of hydrogen-bond donors (Lipinski definition) is 0.